The van der Waals surface area contributed by atoms with Crippen LogP contribution in [0.1, 0.15) is 59.1 Å². The van der Waals surface area contributed by atoms with Gasteiger partial charge in [-0.2, -0.15) is 0 Å². The third-order valence-electron chi connectivity index (χ3n) is 3.06. The lowest BCUT2D eigenvalue weighted by Crippen LogP contribution is -2.40. The number of rotatable bonds is 7. The predicted molar refractivity (Wildman–Crippen MR) is 87.8 cm³/mol. The van der Waals surface area contributed by atoms with Gasteiger partial charge in [0.25, 0.3) is 0 Å². The monoisotopic (exact) mass is 312 g/mol. The van der Waals surface area contributed by atoms with Gasteiger partial charge in [-0.1, -0.05) is 26.0 Å². The minimum atomic E-state index is -3.48. The smallest absolute Gasteiger partial charge is 0.241 e. The van der Waals surface area contributed by atoms with Gasteiger partial charge in [-0.15, -0.1) is 0 Å². The molecule has 1 atom stereocenters. The van der Waals surface area contributed by atoms with Gasteiger partial charge < -0.3 is 5.32 Å². The molecule has 0 aliphatic heterocycles. The van der Waals surface area contributed by atoms with E-state index in [1.807, 2.05) is 32.9 Å². The molecule has 0 heterocycles. The lowest BCUT2D eigenvalue weighted by Gasteiger charge is -2.22. The van der Waals surface area contributed by atoms with Crippen LogP contribution in [-0.2, 0) is 10.0 Å². The largest absolute Gasteiger partial charge is 0.310 e. The highest BCUT2D eigenvalue weighted by molar-refractivity contribution is 7.89. The molecule has 0 saturated carbocycles. The maximum absolute atomic E-state index is 12.4. The topological polar surface area (TPSA) is 58.2 Å². The van der Waals surface area contributed by atoms with Crippen molar-refractivity contribution in [2.75, 3.05) is 6.54 Å². The Labute approximate surface area is 129 Å². The Bertz CT molecular complexity index is 548. The van der Waals surface area contributed by atoms with Crippen LogP contribution in [0.25, 0.3) is 0 Å². The van der Waals surface area contributed by atoms with Crippen LogP contribution in [-0.4, -0.2) is 20.5 Å². The maximum Gasteiger partial charge on any atom is 0.241 e. The molecule has 0 amide bonds. The van der Waals surface area contributed by atoms with Gasteiger partial charge >= 0.3 is 0 Å². The highest BCUT2D eigenvalue weighted by Crippen LogP contribution is 2.21. The molecule has 120 valence electrons. The molecule has 1 aromatic rings. The summed E-state index contributed by atoms with van der Waals surface area (Å²) in [7, 11) is -3.48. The zero-order valence-corrected chi connectivity index (χ0v) is 14.5. The van der Waals surface area contributed by atoms with Gasteiger partial charge in [0, 0.05) is 11.6 Å². The number of hydrogen-bond donors (Lipinski definition) is 2. The molecule has 0 aromatic heterocycles. The minimum Gasteiger partial charge on any atom is -0.310 e. The van der Waals surface area contributed by atoms with Gasteiger partial charge in [-0.25, -0.2) is 13.1 Å². The van der Waals surface area contributed by atoms with E-state index in [0.29, 0.717) is 4.90 Å². The fraction of sp³-hybridized carbons (Fsp3) is 0.625. The van der Waals surface area contributed by atoms with E-state index in [1.54, 1.807) is 12.1 Å². The van der Waals surface area contributed by atoms with E-state index in [1.165, 1.54) is 0 Å². The highest BCUT2D eigenvalue weighted by atomic mass is 32.2. The number of benzene rings is 1. The summed E-state index contributed by atoms with van der Waals surface area (Å²) in [4.78, 5) is 0.326. The number of nitrogens with one attached hydrogen (secondary N) is 2. The van der Waals surface area contributed by atoms with Gasteiger partial charge in [-0.05, 0) is 57.9 Å². The van der Waals surface area contributed by atoms with E-state index < -0.39 is 15.6 Å². The van der Waals surface area contributed by atoms with Crippen LogP contribution in [0.2, 0.25) is 0 Å². The van der Waals surface area contributed by atoms with E-state index in [9.17, 15) is 8.42 Å². The zero-order valence-electron chi connectivity index (χ0n) is 13.7. The molecule has 0 saturated heterocycles. The minimum absolute atomic E-state index is 0.190. The molecule has 0 aliphatic carbocycles. The first-order valence-electron chi connectivity index (χ1n) is 7.57. The third kappa shape index (κ3) is 5.77. The molecule has 2 N–H and O–H groups in total. The van der Waals surface area contributed by atoms with Crippen molar-refractivity contribution in [3.63, 3.8) is 0 Å². The van der Waals surface area contributed by atoms with Gasteiger partial charge in [0.1, 0.15) is 0 Å². The Morgan fingerprint density at radius 2 is 1.86 bits per heavy atom. The van der Waals surface area contributed by atoms with Crippen LogP contribution in [0, 0.1) is 0 Å². The van der Waals surface area contributed by atoms with Crippen LogP contribution in [0.15, 0.2) is 29.2 Å². The first-order chi connectivity index (χ1) is 9.69. The molecule has 1 rings (SSSR count). The van der Waals surface area contributed by atoms with Crippen molar-refractivity contribution in [1.29, 1.82) is 0 Å². The van der Waals surface area contributed by atoms with Gasteiger partial charge in [0.2, 0.25) is 10.0 Å². The lowest BCUT2D eigenvalue weighted by molar-refractivity contribution is 0.490. The Morgan fingerprint density at radius 3 is 2.38 bits per heavy atom. The average Bonchev–Trinajstić information content (AvgIpc) is 2.37. The van der Waals surface area contributed by atoms with E-state index >= 15 is 0 Å². The molecule has 0 bridgehead atoms. The Morgan fingerprint density at radius 1 is 1.19 bits per heavy atom. The Balaban J connectivity index is 3.04. The van der Waals surface area contributed by atoms with E-state index in [2.05, 4.69) is 23.9 Å². The summed E-state index contributed by atoms with van der Waals surface area (Å²) < 4.78 is 27.5. The van der Waals surface area contributed by atoms with E-state index in [0.717, 1.165) is 24.9 Å². The summed E-state index contributed by atoms with van der Waals surface area (Å²) in [5, 5.41) is 3.45. The van der Waals surface area contributed by atoms with E-state index in [4.69, 9.17) is 0 Å². The summed E-state index contributed by atoms with van der Waals surface area (Å²) in [6.45, 7) is 10.7. The zero-order chi connectivity index (χ0) is 16.1. The SMILES string of the molecule is CCCNC(CC)c1cccc(S(=O)(=O)NC(C)(C)C)c1. The first-order valence-corrected chi connectivity index (χ1v) is 9.05. The third-order valence-corrected chi connectivity index (χ3v) is 4.82. The summed E-state index contributed by atoms with van der Waals surface area (Å²) in [6, 6.07) is 7.39. The normalized spacial score (nSPS) is 14.1. The quantitative estimate of drug-likeness (QED) is 0.813. The highest BCUT2D eigenvalue weighted by Gasteiger charge is 2.22. The van der Waals surface area contributed by atoms with Gasteiger partial charge in [0.15, 0.2) is 0 Å². The van der Waals surface area contributed by atoms with Crippen molar-refractivity contribution in [3.8, 4) is 0 Å². The summed E-state index contributed by atoms with van der Waals surface area (Å²) >= 11 is 0. The molecule has 0 aliphatic rings. The second-order valence-corrected chi connectivity index (χ2v) is 8.03. The van der Waals surface area contributed by atoms with Crippen molar-refractivity contribution in [2.24, 2.45) is 0 Å². The summed E-state index contributed by atoms with van der Waals surface area (Å²) in [5.74, 6) is 0. The molecule has 4 nitrogen and oxygen atoms in total. The molecule has 1 aromatic carbocycles. The van der Waals surface area contributed by atoms with Crippen molar-refractivity contribution in [2.45, 2.75) is 63.9 Å². The second-order valence-electron chi connectivity index (χ2n) is 6.34. The summed E-state index contributed by atoms with van der Waals surface area (Å²) in [5.41, 5.74) is 0.530. The molecule has 0 spiro atoms. The lowest BCUT2D eigenvalue weighted by atomic mass is 10.0. The maximum atomic E-state index is 12.4. The standard InChI is InChI=1S/C16H28N2O2S/c1-6-11-17-15(7-2)13-9-8-10-14(12-13)21(19,20)18-16(3,4)5/h8-10,12,15,17-18H,6-7,11H2,1-5H3. The van der Waals surface area contributed by atoms with Crippen LogP contribution in [0.3, 0.4) is 0 Å². The average molecular weight is 312 g/mol. The first kappa shape index (κ1) is 18.1. The van der Waals surface area contributed by atoms with Gasteiger partial charge in [-0.3, -0.25) is 0 Å². The van der Waals surface area contributed by atoms with Crippen LogP contribution in [0.5, 0.6) is 0 Å². The van der Waals surface area contributed by atoms with Crippen molar-refractivity contribution < 1.29 is 8.42 Å². The Hall–Kier alpha value is -0.910. The van der Waals surface area contributed by atoms with Crippen molar-refractivity contribution in [1.82, 2.24) is 10.0 Å². The summed E-state index contributed by atoms with van der Waals surface area (Å²) in [6.07, 6.45) is 1.98. The van der Waals surface area contributed by atoms with Crippen LogP contribution >= 0.6 is 0 Å². The molecule has 5 heteroatoms. The molecular formula is C16H28N2O2S. The number of sulfonamides is 1. The van der Waals surface area contributed by atoms with Gasteiger partial charge in [0.05, 0.1) is 4.90 Å². The van der Waals surface area contributed by atoms with Crippen molar-refractivity contribution in [3.05, 3.63) is 29.8 Å². The van der Waals surface area contributed by atoms with Crippen LogP contribution < -0.4 is 10.0 Å². The molecular weight excluding hydrogens is 284 g/mol. The van der Waals surface area contributed by atoms with E-state index in [-0.39, 0.29) is 6.04 Å². The predicted octanol–water partition coefficient (Wildman–Crippen LogP) is 3.21. The number of hydrogen-bond acceptors (Lipinski definition) is 3. The fourth-order valence-corrected chi connectivity index (χ4v) is 3.65. The molecule has 0 fully saturated rings. The molecule has 1 unspecified atom stereocenters. The second kappa shape index (κ2) is 7.38. The Kier molecular flexibility index (Phi) is 6.38. The van der Waals surface area contributed by atoms with Crippen molar-refractivity contribution >= 4 is 10.0 Å². The molecule has 21 heavy (non-hydrogen) atoms. The molecule has 0 radical (unpaired) electrons. The van der Waals surface area contributed by atoms with Crippen LogP contribution in [0.4, 0.5) is 0 Å². The fourth-order valence-electron chi connectivity index (χ4n) is 2.18.